The molecule has 0 aliphatic heterocycles. The van der Waals surface area contributed by atoms with Crippen LogP contribution in [0.15, 0.2) is 39.2 Å². The highest BCUT2D eigenvalue weighted by molar-refractivity contribution is 9.10. The van der Waals surface area contributed by atoms with E-state index in [1.54, 1.807) is 24.3 Å². The highest BCUT2D eigenvalue weighted by atomic mass is 79.9. The molecule has 0 unspecified atom stereocenters. The number of rotatable bonds is 1. The summed E-state index contributed by atoms with van der Waals surface area (Å²) in [6.45, 7) is 0. The number of nitrogens with zero attached hydrogens (tertiary/aromatic N) is 1. The number of oxazole rings is 1. The maximum absolute atomic E-state index is 13.8. The van der Waals surface area contributed by atoms with Crippen molar-refractivity contribution in [3.05, 3.63) is 45.6 Å². The van der Waals surface area contributed by atoms with Crippen LogP contribution < -0.4 is 5.73 Å². The predicted octanol–water partition coefficient (Wildman–Crippen LogP) is 4.63. The third-order valence-corrected chi connectivity index (χ3v) is 3.67. The lowest BCUT2D eigenvalue weighted by Crippen LogP contribution is -1.85. The van der Waals surface area contributed by atoms with E-state index in [4.69, 9.17) is 21.8 Å². The number of aromatic nitrogens is 1. The van der Waals surface area contributed by atoms with Crippen LogP contribution in [0.3, 0.4) is 0 Å². The Kier molecular flexibility index (Phi) is 2.95. The molecule has 0 saturated carbocycles. The van der Waals surface area contributed by atoms with Gasteiger partial charge in [-0.05, 0) is 34.1 Å². The summed E-state index contributed by atoms with van der Waals surface area (Å²) in [5.74, 6) is -0.235. The van der Waals surface area contributed by atoms with Gasteiger partial charge in [0.25, 0.3) is 0 Å². The summed E-state index contributed by atoms with van der Waals surface area (Å²) in [6, 6.07) is 7.82. The Hall–Kier alpha value is -1.59. The quantitative estimate of drug-likeness (QED) is 0.656. The average molecular weight is 342 g/mol. The van der Waals surface area contributed by atoms with Gasteiger partial charge in [-0.3, -0.25) is 0 Å². The van der Waals surface area contributed by atoms with E-state index in [9.17, 15) is 4.39 Å². The lowest BCUT2D eigenvalue weighted by Gasteiger charge is -2.00. The van der Waals surface area contributed by atoms with Crippen molar-refractivity contribution in [2.45, 2.75) is 0 Å². The zero-order valence-corrected chi connectivity index (χ0v) is 11.8. The summed E-state index contributed by atoms with van der Waals surface area (Å²) in [6.07, 6.45) is 0. The van der Waals surface area contributed by atoms with E-state index in [2.05, 4.69) is 20.9 Å². The molecule has 3 rings (SSSR count). The zero-order valence-electron chi connectivity index (χ0n) is 9.45. The Morgan fingerprint density at radius 3 is 2.84 bits per heavy atom. The zero-order chi connectivity index (χ0) is 13.6. The number of anilines is 1. The summed E-state index contributed by atoms with van der Waals surface area (Å²) < 4.78 is 19.9. The molecule has 0 atom stereocenters. The fraction of sp³-hybridized carbons (Fsp3) is 0. The highest BCUT2D eigenvalue weighted by Gasteiger charge is 2.16. The molecule has 19 heavy (non-hydrogen) atoms. The van der Waals surface area contributed by atoms with Crippen molar-refractivity contribution in [3.63, 3.8) is 0 Å². The molecular weight excluding hydrogens is 335 g/mol. The molecule has 2 N–H and O–H groups in total. The van der Waals surface area contributed by atoms with Crippen molar-refractivity contribution in [2.24, 2.45) is 0 Å². The maximum Gasteiger partial charge on any atom is 0.231 e. The Morgan fingerprint density at radius 1 is 1.32 bits per heavy atom. The van der Waals surface area contributed by atoms with Crippen LogP contribution in [-0.2, 0) is 0 Å². The van der Waals surface area contributed by atoms with Crippen molar-refractivity contribution in [2.75, 3.05) is 5.73 Å². The summed E-state index contributed by atoms with van der Waals surface area (Å²) in [5.41, 5.74) is 7.35. The first kappa shape index (κ1) is 12.4. The predicted molar refractivity (Wildman–Crippen MR) is 76.5 cm³/mol. The molecule has 6 heteroatoms. The molecular formula is C13H7BrClFN2O. The molecule has 0 spiro atoms. The Bertz CT molecular complexity index is 728. The third-order valence-electron chi connectivity index (χ3n) is 2.68. The molecule has 0 fully saturated rings. The first-order valence-electron chi connectivity index (χ1n) is 5.36. The number of nitrogen functional groups attached to an aromatic ring is 1. The van der Waals surface area contributed by atoms with Gasteiger partial charge in [0, 0.05) is 10.5 Å². The Labute approximate surface area is 121 Å². The van der Waals surface area contributed by atoms with E-state index in [1.165, 1.54) is 6.07 Å². The van der Waals surface area contributed by atoms with Gasteiger partial charge in [-0.25, -0.2) is 9.37 Å². The van der Waals surface area contributed by atoms with Gasteiger partial charge in [-0.1, -0.05) is 17.7 Å². The molecule has 0 aliphatic carbocycles. The van der Waals surface area contributed by atoms with Gasteiger partial charge >= 0.3 is 0 Å². The van der Waals surface area contributed by atoms with Gasteiger partial charge in [0.2, 0.25) is 5.89 Å². The molecule has 3 aromatic rings. The number of fused-ring (bicyclic) bond motifs is 1. The molecule has 0 radical (unpaired) electrons. The highest BCUT2D eigenvalue weighted by Crippen LogP contribution is 2.34. The van der Waals surface area contributed by atoms with Gasteiger partial charge in [0.1, 0.15) is 11.3 Å². The number of benzene rings is 2. The summed E-state index contributed by atoms with van der Waals surface area (Å²) in [7, 11) is 0. The minimum absolute atomic E-state index is 0.182. The third kappa shape index (κ3) is 2.09. The van der Waals surface area contributed by atoms with E-state index < -0.39 is 5.82 Å². The standard InChI is InChI=1S/C13H7BrClFN2O/c14-6-2-1-3-8(16)12(6)13-18-10-4-7(15)9(17)5-11(10)19-13/h1-5H,17H2. The smallest absolute Gasteiger partial charge is 0.231 e. The number of hydrogen-bond acceptors (Lipinski definition) is 3. The monoisotopic (exact) mass is 340 g/mol. The van der Waals surface area contributed by atoms with Crippen LogP contribution in [-0.4, -0.2) is 4.98 Å². The van der Waals surface area contributed by atoms with Crippen molar-refractivity contribution in [1.82, 2.24) is 4.98 Å². The van der Waals surface area contributed by atoms with Crippen molar-refractivity contribution >= 4 is 44.3 Å². The molecule has 1 aromatic heterocycles. The van der Waals surface area contributed by atoms with E-state index in [0.29, 0.717) is 26.3 Å². The van der Waals surface area contributed by atoms with Gasteiger partial charge < -0.3 is 10.2 Å². The van der Waals surface area contributed by atoms with E-state index >= 15 is 0 Å². The number of nitrogens with two attached hydrogens (primary N) is 1. The topological polar surface area (TPSA) is 52.0 Å². The fourth-order valence-electron chi connectivity index (χ4n) is 1.77. The SMILES string of the molecule is Nc1cc2oc(-c3c(F)cccc3Br)nc2cc1Cl. The van der Waals surface area contributed by atoms with Gasteiger partial charge in [0.05, 0.1) is 16.3 Å². The van der Waals surface area contributed by atoms with Gasteiger partial charge in [-0.2, -0.15) is 0 Å². The maximum atomic E-state index is 13.8. The molecule has 1 heterocycles. The van der Waals surface area contributed by atoms with Crippen LogP contribution in [0.25, 0.3) is 22.6 Å². The van der Waals surface area contributed by atoms with Crippen molar-refractivity contribution in [1.29, 1.82) is 0 Å². The van der Waals surface area contributed by atoms with E-state index in [0.717, 1.165) is 0 Å². The minimum atomic E-state index is -0.417. The van der Waals surface area contributed by atoms with E-state index in [1.807, 2.05) is 0 Å². The Morgan fingerprint density at radius 2 is 2.11 bits per heavy atom. The normalized spacial score (nSPS) is 11.1. The second kappa shape index (κ2) is 4.51. The lowest BCUT2D eigenvalue weighted by atomic mass is 10.2. The molecule has 0 aliphatic rings. The number of hydrogen-bond donors (Lipinski definition) is 1. The molecule has 3 nitrogen and oxygen atoms in total. The number of halogens is 3. The van der Waals surface area contributed by atoms with Gasteiger partial charge in [0.15, 0.2) is 5.58 Å². The van der Waals surface area contributed by atoms with Gasteiger partial charge in [-0.15, -0.1) is 0 Å². The first-order valence-corrected chi connectivity index (χ1v) is 6.53. The van der Waals surface area contributed by atoms with Crippen LogP contribution >= 0.6 is 27.5 Å². The largest absolute Gasteiger partial charge is 0.436 e. The second-order valence-electron chi connectivity index (χ2n) is 3.96. The minimum Gasteiger partial charge on any atom is -0.436 e. The van der Waals surface area contributed by atoms with Crippen LogP contribution in [0.2, 0.25) is 5.02 Å². The van der Waals surface area contributed by atoms with Crippen LogP contribution in [0.4, 0.5) is 10.1 Å². The van der Waals surface area contributed by atoms with Crippen molar-refractivity contribution < 1.29 is 8.81 Å². The molecule has 96 valence electrons. The molecule has 2 aromatic carbocycles. The lowest BCUT2D eigenvalue weighted by molar-refractivity contribution is 0.593. The first-order chi connectivity index (χ1) is 9.06. The summed E-state index contributed by atoms with van der Waals surface area (Å²) >= 11 is 9.19. The second-order valence-corrected chi connectivity index (χ2v) is 5.22. The van der Waals surface area contributed by atoms with E-state index in [-0.39, 0.29) is 11.5 Å². The van der Waals surface area contributed by atoms with Crippen LogP contribution in [0.5, 0.6) is 0 Å². The van der Waals surface area contributed by atoms with Crippen LogP contribution in [0.1, 0.15) is 0 Å². The Balaban J connectivity index is 2.26. The fourth-order valence-corrected chi connectivity index (χ4v) is 2.44. The average Bonchev–Trinajstić information content (AvgIpc) is 2.72. The van der Waals surface area contributed by atoms with Crippen LogP contribution in [0, 0.1) is 5.82 Å². The molecule has 0 amide bonds. The molecule has 0 bridgehead atoms. The summed E-state index contributed by atoms with van der Waals surface area (Å²) in [5, 5.41) is 0.389. The molecule has 0 saturated heterocycles. The van der Waals surface area contributed by atoms with Crippen molar-refractivity contribution in [3.8, 4) is 11.5 Å². The summed E-state index contributed by atoms with van der Waals surface area (Å²) in [4.78, 5) is 4.23.